The fourth-order valence-corrected chi connectivity index (χ4v) is 3.64. The first kappa shape index (κ1) is 22.0. The first-order chi connectivity index (χ1) is 15.3. The fraction of sp³-hybridized carbons (Fsp3) is 0.286. The van der Waals surface area contributed by atoms with Gasteiger partial charge in [-0.15, -0.1) is 0 Å². The van der Waals surface area contributed by atoms with Crippen molar-refractivity contribution in [2.75, 3.05) is 13.7 Å². The zero-order valence-corrected chi connectivity index (χ0v) is 19.3. The lowest BCUT2D eigenvalue weighted by molar-refractivity contribution is 0.0526. The third kappa shape index (κ3) is 3.89. The Morgan fingerprint density at radius 1 is 1.22 bits per heavy atom. The van der Waals surface area contributed by atoms with Crippen LogP contribution in [0, 0.1) is 6.92 Å². The number of aromatic nitrogens is 6. The quantitative estimate of drug-likeness (QED) is 0.381. The van der Waals surface area contributed by atoms with Crippen LogP contribution in [0.1, 0.15) is 41.5 Å². The topological polar surface area (TPSA) is 96.9 Å². The van der Waals surface area contributed by atoms with E-state index in [4.69, 9.17) is 32.7 Å². The minimum absolute atomic E-state index is 0.190. The molecule has 9 nitrogen and oxygen atoms in total. The minimum atomic E-state index is -0.466. The first-order valence-corrected chi connectivity index (χ1v) is 10.6. The summed E-state index contributed by atoms with van der Waals surface area (Å²) >= 11 is 12.3. The van der Waals surface area contributed by atoms with Gasteiger partial charge in [0.25, 0.3) is 5.95 Å². The standard InChI is InChI=1S/C21H20Cl2N6O3/c1-5-32-20(30)14-9-24-28(10-14)21-25-17-11(2)27-29(18(17)19(26-21)31-4)12(3)13-6-7-15(22)16(23)8-13/h6-10,12H,5H2,1-4H3/t12-/m0/s1. The second-order valence-corrected chi connectivity index (χ2v) is 7.82. The highest BCUT2D eigenvalue weighted by atomic mass is 35.5. The predicted molar refractivity (Wildman–Crippen MR) is 120 cm³/mol. The molecule has 0 aliphatic rings. The molecule has 1 atom stereocenters. The second kappa shape index (κ2) is 8.76. The highest BCUT2D eigenvalue weighted by Gasteiger charge is 2.23. The van der Waals surface area contributed by atoms with Crippen LogP contribution in [0.3, 0.4) is 0 Å². The van der Waals surface area contributed by atoms with E-state index in [0.29, 0.717) is 38.2 Å². The van der Waals surface area contributed by atoms with E-state index >= 15 is 0 Å². The van der Waals surface area contributed by atoms with Crippen molar-refractivity contribution in [2.24, 2.45) is 0 Å². The van der Waals surface area contributed by atoms with Crippen molar-refractivity contribution in [1.29, 1.82) is 0 Å². The summed E-state index contributed by atoms with van der Waals surface area (Å²) in [5.41, 5.74) is 3.14. The molecule has 0 saturated carbocycles. The fourth-order valence-electron chi connectivity index (χ4n) is 3.33. The molecule has 0 amide bonds. The van der Waals surface area contributed by atoms with Crippen LogP contribution in [0.2, 0.25) is 10.0 Å². The van der Waals surface area contributed by atoms with E-state index in [9.17, 15) is 4.79 Å². The number of hydrogen-bond acceptors (Lipinski definition) is 7. The molecule has 0 spiro atoms. The lowest BCUT2D eigenvalue weighted by Crippen LogP contribution is -2.11. The molecule has 166 valence electrons. The van der Waals surface area contributed by atoms with Crippen LogP contribution in [0.15, 0.2) is 30.6 Å². The molecule has 32 heavy (non-hydrogen) atoms. The molecule has 0 unspecified atom stereocenters. The van der Waals surface area contributed by atoms with Crippen LogP contribution >= 0.6 is 23.2 Å². The zero-order chi connectivity index (χ0) is 23.0. The third-order valence-electron chi connectivity index (χ3n) is 4.95. The van der Waals surface area contributed by atoms with Gasteiger partial charge in [-0.25, -0.2) is 14.5 Å². The van der Waals surface area contributed by atoms with Crippen LogP contribution in [0.5, 0.6) is 5.88 Å². The number of rotatable bonds is 6. The average Bonchev–Trinajstić information content (AvgIpc) is 3.40. The molecule has 4 aromatic rings. The third-order valence-corrected chi connectivity index (χ3v) is 5.69. The van der Waals surface area contributed by atoms with Crippen molar-refractivity contribution in [1.82, 2.24) is 29.5 Å². The lowest BCUT2D eigenvalue weighted by atomic mass is 10.1. The number of methoxy groups -OCH3 is 1. The van der Waals surface area contributed by atoms with Crippen LogP contribution in [0.4, 0.5) is 0 Å². The molecule has 3 aromatic heterocycles. The van der Waals surface area contributed by atoms with Crippen LogP contribution in [-0.2, 0) is 4.74 Å². The van der Waals surface area contributed by atoms with Crippen molar-refractivity contribution in [3.05, 3.63) is 57.5 Å². The predicted octanol–water partition coefficient (Wildman–Crippen LogP) is 4.42. The Morgan fingerprint density at radius 2 is 2.00 bits per heavy atom. The number of benzene rings is 1. The Hall–Kier alpha value is -3.17. The summed E-state index contributed by atoms with van der Waals surface area (Å²) in [6.45, 7) is 5.85. The molecular weight excluding hydrogens is 455 g/mol. The summed E-state index contributed by atoms with van der Waals surface area (Å²) < 4.78 is 13.8. The van der Waals surface area contributed by atoms with E-state index < -0.39 is 5.97 Å². The molecule has 4 rings (SSSR count). The molecule has 0 bridgehead atoms. The van der Waals surface area contributed by atoms with Gasteiger partial charge in [0.2, 0.25) is 5.88 Å². The van der Waals surface area contributed by atoms with Gasteiger partial charge in [-0.1, -0.05) is 29.3 Å². The van der Waals surface area contributed by atoms with E-state index in [2.05, 4.69) is 20.2 Å². The van der Waals surface area contributed by atoms with Gasteiger partial charge in [0, 0.05) is 6.20 Å². The molecule has 0 N–H and O–H groups in total. The molecule has 0 aliphatic heterocycles. The maximum Gasteiger partial charge on any atom is 0.341 e. The van der Waals surface area contributed by atoms with Crippen LogP contribution in [-0.4, -0.2) is 49.2 Å². The second-order valence-electron chi connectivity index (χ2n) is 7.00. The highest BCUT2D eigenvalue weighted by Crippen LogP contribution is 2.32. The molecule has 3 heterocycles. The molecule has 0 fully saturated rings. The van der Waals surface area contributed by atoms with E-state index in [1.165, 1.54) is 24.2 Å². The number of fused-ring (bicyclic) bond motifs is 1. The summed E-state index contributed by atoms with van der Waals surface area (Å²) in [4.78, 5) is 21.1. The Morgan fingerprint density at radius 3 is 2.69 bits per heavy atom. The van der Waals surface area contributed by atoms with E-state index in [1.54, 1.807) is 23.7 Å². The Kier molecular flexibility index (Phi) is 6.03. The van der Waals surface area contributed by atoms with Crippen molar-refractivity contribution in [3.8, 4) is 11.8 Å². The number of carbonyl (C=O) groups is 1. The number of carbonyl (C=O) groups excluding carboxylic acids is 1. The van der Waals surface area contributed by atoms with Gasteiger partial charge in [-0.2, -0.15) is 15.2 Å². The van der Waals surface area contributed by atoms with Crippen molar-refractivity contribution >= 4 is 40.2 Å². The number of ether oxygens (including phenoxy) is 2. The van der Waals surface area contributed by atoms with Gasteiger partial charge in [-0.3, -0.25) is 4.68 Å². The zero-order valence-electron chi connectivity index (χ0n) is 17.8. The lowest BCUT2D eigenvalue weighted by Gasteiger charge is -2.16. The minimum Gasteiger partial charge on any atom is -0.479 e. The molecule has 0 aliphatic carbocycles. The van der Waals surface area contributed by atoms with Gasteiger partial charge >= 0.3 is 5.97 Å². The molecular formula is C21H20Cl2N6O3. The number of aryl methyl sites for hydroxylation is 1. The van der Waals surface area contributed by atoms with E-state index in [1.807, 2.05) is 19.9 Å². The van der Waals surface area contributed by atoms with Gasteiger partial charge < -0.3 is 9.47 Å². The first-order valence-electron chi connectivity index (χ1n) is 9.82. The summed E-state index contributed by atoms with van der Waals surface area (Å²) in [6.07, 6.45) is 2.91. The van der Waals surface area contributed by atoms with Gasteiger partial charge in [0.1, 0.15) is 11.0 Å². The van der Waals surface area contributed by atoms with E-state index in [0.717, 1.165) is 5.56 Å². The van der Waals surface area contributed by atoms with E-state index in [-0.39, 0.29) is 18.6 Å². The molecule has 1 aromatic carbocycles. The average molecular weight is 475 g/mol. The summed E-state index contributed by atoms with van der Waals surface area (Å²) in [7, 11) is 1.52. The van der Waals surface area contributed by atoms with Crippen molar-refractivity contribution in [3.63, 3.8) is 0 Å². The maximum atomic E-state index is 12.0. The van der Waals surface area contributed by atoms with Gasteiger partial charge in [-0.05, 0) is 38.5 Å². The van der Waals surface area contributed by atoms with Gasteiger partial charge in [0.05, 0.1) is 47.3 Å². The number of hydrogen-bond donors (Lipinski definition) is 0. The molecule has 0 saturated heterocycles. The van der Waals surface area contributed by atoms with Crippen LogP contribution < -0.4 is 4.74 Å². The number of esters is 1. The smallest absolute Gasteiger partial charge is 0.341 e. The summed E-state index contributed by atoms with van der Waals surface area (Å²) in [5, 5.41) is 9.81. The largest absolute Gasteiger partial charge is 0.479 e. The van der Waals surface area contributed by atoms with Crippen molar-refractivity contribution in [2.45, 2.75) is 26.8 Å². The van der Waals surface area contributed by atoms with Crippen molar-refractivity contribution < 1.29 is 14.3 Å². The number of nitrogens with zero attached hydrogens (tertiary/aromatic N) is 6. The highest BCUT2D eigenvalue weighted by molar-refractivity contribution is 6.42. The van der Waals surface area contributed by atoms with Crippen LogP contribution in [0.25, 0.3) is 17.0 Å². The normalized spacial score (nSPS) is 12.2. The summed E-state index contributed by atoms with van der Waals surface area (Å²) in [5.74, 6) is 0.103. The monoisotopic (exact) mass is 474 g/mol. The number of halogens is 2. The molecule has 0 radical (unpaired) electrons. The SMILES string of the molecule is CCOC(=O)c1cnn(-c2nc(OC)c3c(n2)c(C)nn3[C@@H](C)c2ccc(Cl)c(Cl)c2)c1. The van der Waals surface area contributed by atoms with Gasteiger partial charge in [0.15, 0.2) is 0 Å². The Balaban J connectivity index is 1.80. The maximum absolute atomic E-state index is 12.0. The Bertz CT molecular complexity index is 1320. The Labute approximate surface area is 193 Å². The summed E-state index contributed by atoms with van der Waals surface area (Å²) in [6, 6.07) is 5.26. The molecule has 11 heteroatoms.